The smallest absolute Gasteiger partial charge is 0.124 e. The second-order valence-corrected chi connectivity index (χ2v) is 5.94. The average Bonchev–Trinajstić information content (AvgIpc) is 3.06. The Labute approximate surface area is 117 Å². The van der Waals surface area contributed by atoms with Gasteiger partial charge in [0, 0.05) is 10.5 Å². The molecule has 0 aromatic heterocycles. The molecule has 1 saturated carbocycles. The van der Waals surface area contributed by atoms with E-state index in [4.69, 9.17) is 0 Å². The first-order chi connectivity index (χ1) is 8.63. The molecule has 0 unspecified atom stereocenters. The van der Waals surface area contributed by atoms with Crippen LogP contribution in [0.15, 0.2) is 34.3 Å². The molecule has 18 heavy (non-hydrogen) atoms. The molecule has 98 valence electrons. The Bertz CT molecular complexity index is 418. The number of benzene rings is 1. The van der Waals surface area contributed by atoms with Gasteiger partial charge in [-0.3, -0.25) is 0 Å². The highest BCUT2D eigenvalue weighted by Crippen LogP contribution is 2.19. The van der Waals surface area contributed by atoms with E-state index in [1.54, 1.807) is 6.07 Å². The van der Waals surface area contributed by atoms with Crippen molar-refractivity contribution < 1.29 is 4.39 Å². The van der Waals surface area contributed by atoms with Crippen molar-refractivity contribution in [2.75, 3.05) is 6.54 Å². The van der Waals surface area contributed by atoms with E-state index in [1.165, 1.54) is 24.5 Å². The molecule has 1 aliphatic carbocycles. The van der Waals surface area contributed by atoms with Crippen LogP contribution in [0.2, 0.25) is 0 Å². The zero-order chi connectivity index (χ0) is 13.0. The van der Waals surface area contributed by atoms with Gasteiger partial charge in [-0.2, -0.15) is 0 Å². The number of halogens is 2. The third-order valence-electron chi connectivity index (χ3n) is 3.05. The van der Waals surface area contributed by atoms with Crippen molar-refractivity contribution in [2.24, 2.45) is 0 Å². The summed E-state index contributed by atoms with van der Waals surface area (Å²) in [4.78, 5) is 0. The molecular formula is C15H19BrFN. The van der Waals surface area contributed by atoms with E-state index in [9.17, 15) is 4.39 Å². The minimum absolute atomic E-state index is 0.178. The number of rotatable bonds is 6. The summed E-state index contributed by atoms with van der Waals surface area (Å²) in [5.74, 6) is -0.178. The summed E-state index contributed by atoms with van der Waals surface area (Å²) < 4.78 is 14.0. The molecule has 0 aliphatic heterocycles. The highest BCUT2D eigenvalue weighted by atomic mass is 79.9. The fraction of sp³-hybridized carbons (Fsp3) is 0.467. The van der Waals surface area contributed by atoms with Gasteiger partial charge in [-0.15, -0.1) is 0 Å². The second kappa shape index (κ2) is 6.48. The van der Waals surface area contributed by atoms with Crippen molar-refractivity contribution in [1.29, 1.82) is 0 Å². The largest absolute Gasteiger partial charge is 0.314 e. The molecule has 1 fully saturated rings. The predicted molar refractivity (Wildman–Crippen MR) is 77.2 cm³/mol. The van der Waals surface area contributed by atoms with E-state index in [0.717, 1.165) is 35.5 Å². The summed E-state index contributed by atoms with van der Waals surface area (Å²) in [5.41, 5.74) is 2.32. The monoisotopic (exact) mass is 311 g/mol. The highest BCUT2D eigenvalue weighted by Gasteiger charge is 2.19. The normalized spacial score (nSPS) is 16.1. The van der Waals surface area contributed by atoms with Crippen molar-refractivity contribution in [3.8, 4) is 0 Å². The summed E-state index contributed by atoms with van der Waals surface area (Å²) in [5, 5.41) is 3.48. The first-order valence-electron chi connectivity index (χ1n) is 6.47. The van der Waals surface area contributed by atoms with Gasteiger partial charge >= 0.3 is 0 Å². The van der Waals surface area contributed by atoms with Crippen LogP contribution in [0.3, 0.4) is 0 Å². The standard InChI is InChI=1S/C15H19BrFN/c1-11(3-2-6-18-15-4-5-15)7-12-8-13(16)10-14(17)9-12/h3,8-10,15,18H,2,4-7H2,1H3. The van der Waals surface area contributed by atoms with Crippen molar-refractivity contribution in [1.82, 2.24) is 5.32 Å². The SMILES string of the molecule is CC(=CCCNC1CC1)Cc1cc(F)cc(Br)c1. The van der Waals surface area contributed by atoms with Gasteiger partial charge in [0.2, 0.25) is 0 Å². The second-order valence-electron chi connectivity index (χ2n) is 5.02. The van der Waals surface area contributed by atoms with E-state index in [-0.39, 0.29) is 5.82 Å². The summed E-state index contributed by atoms with van der Waals surface area (Å²) >= 11 is 3.32. The third-order valence-corrected chi connectivity index (χ3v) is 3.51. The van der Waals surface area contributed by atoms with E-state index in [1.807, 2.05) is 6.07 Å². The predicted octanol–water partition coefficient (Wildman–Crippen LogP) is 4.22. The summed E-state index contributed by atoms with van der Waals surface area (Å²) in [6.07, 6.45) is 6.78. The molecule has 1 N–H and O–H groups in total. The Kier molecular flexibility index (Phi) is 4.95. The lowest BCUT2D eigenvalue weighted by molar-refractivity contribution is 0.625. The molecule has 0 bridgehead atoms. The summed E-state index contributed by atoms with van der Waals surface area (Å²) in [7, 11) is 0. The lowest BCUT2D eigenvalue weighted by Crippen LogP contribution is -2.16. The van der Waals surface area contributed by atoms with Gasteiger partial charge in [0.25, 0.3) is 0 Å². The maximum atomic E-state index is 13.2. The van der Waals surface area contributed by atoms with Crippen molar-refractivity contribution >= 4 is 15.9 Å². The Hall–Kier alpha value is -0.670. The molecule has 0 atom stereocenters. The van der Waals surface area contributed by atoms with Crippen LogP contribution >= 0.6 is 15.9 Å². The fourth-order valence-corrected chi connectivity index (χ4v) is 2.51. The zero-order valence-corrected chi connectivity index (χ0v) is 12.3. The minimum atomic E-state index is -0.178. The van der Waals surface area contributed by atoms with Crippen molar-refractivity contribution in [3.05, 3.63) is 45.7 Å². The molecule has 0 saturated heterocycles. The number of hydrogen-bond acceptors (Lipinski definition) is 1. The van der Waals surface area contributed by atoms with Crippen LogP contribution in [0.4, 0.5) is 4.39 Å². The number of nitrogens with one attached hydrogen (secondary N) is 1. The van der Waals surface area contributed by atoms with E-state index >= 15 is 0 Å². The van der Waals surface area contributed by atoms with E-state index in [0.29, 0.717) is 0 Å². The van der Waals surface area contributed by atoms with Gasteiger partial charge in [-0.1, -0.05) is 27.6 Å². The Morgan fingerprint density at radius 3 is 2.89 bits per heavy atom. The van der Waals surface area contributed by atoms with Crippen molar-refractivity contribution in [3.63, 3.8) is 0 Å². The zero-order valence-electron chi connectivity index (χ0n) is 10.7. The Morgan fingerprint density at radius 2 is 2.22 bits per heavy atom. The fourth-order valence-electron chi connectivity index (χ4n) is 2.00. The first kappa shape index (κ1) is 13.8. The van der Waals surface area contributed by atoms with Gasteiger partial charge in [0.05, 0.1) is 0 Å². The van der Waals surface area contributed by atoms with Gasteiger partial charge in [0.15, 0.2) is 0 Å². The lowest BCUT2D eigenvalue weighted by Gasteiger charge is -2.04. The van der Waals surface area contributed by atoms with Crippen LogP contribution in [0.5, 0.6) is 0 Å². The Balaban J connectivity index is 1.80. The number of hydrogen-bond donors (Lipinski definition) is 1. The van der Waals surface area contributed by atoms with Crippen LogP contribution in [-0.2, 0) is 6.42 Å². The molecule has 0 heterocycles. The quantitative estimate of drug-likeness (QED) is 0.612. The molecule has 1 aromatic carbocycles. The molecule has 1 aliphatic rings. The van der Waals surface area contributed by atoms with Crippen LogP contribution in [0.1, 0.15) is 31.7 Å². The van der Waals surface area contributed by atoms with Crippen LogP contribution < -0.4 is 5.32 Å². The van der Waals surface area contributed by atoms with Crippen LogP contribution in [-0.4, -0.2) is 12.6 Å². The van der Waals surface area contributed by atoms with Crippen molar-refractivity contribution in [2.45, 2.75) is 38.6 Å². The minimum Gasteiger partial charge on any atom is -0.314 e. The van der Waals surface area contributed by atoms with Crippen LogP contribution in [0.25, 0.3) is 0 Å². The van der Waals surface area contributed by atoms with E-state index < -0.39 is 0 Å². The topological polar surface area (TPSA) is 12.0 Å². The van der Waals surface area contributed by atoms with Crippen LogP contribution in [0, 0.1) is 5.82 Å². The molecular weight excluding hydrogens is 293 g/mol. The first-order valence-corrected chi connectivity index (χ1v) is 7.27. The Morgan fingerprint density at radius 1 is 1.44 bits per heavy atom. The molecule has 0 amide bonds. The average molecular weight is 312 g/mol. The highest BCUT2D eigenvalue weighted by molar-refractivity contribution is 9.10. The maximum absolute atomic E-state index is 13.2. The van der Waals surface area contributed by atoms with Gasteiger partial charge in [-0.25, -0.2) is 4.39 Å². The molecule has 0 radical (unpaired) electrons. The molecule has 0 spiro atoms. The van der Waals surface area contributed by atoms with Gasteiger partial charge in [-0.05, 0) is 62.9 Å². The lowest BCUT2D eigenvalue weighted by atomic mass is 10.1. The van der Waals surface area contributed by atoms with E-state index in [2.05, 4.69) is 34.2 Å². The number of allylic oxidation sites excluding steroid dienone is 1. The summed E-state index contributed by atoms with van der Waals surface area (Å²) in [6.45, 7) is 3.16. The molecule has 1 nitrogen and oxygen atoms in total. The maximum Gasteiger partial charge on any atom is 0.124 e. The van der Waals surface area contributed by atoms with Gasteiger partial charge < -0.3 is 5.32 Å². The summed E-state index contributed by atoms with van der Waals surface area (Å²) in [6, 6.07) is 5.84. The third kappa shape index (κ3) is 4.91. The van der Waals surface area contributed by atoms with Gasteiger partial charge in [0.1, 0.15) is 5.82 Å². The molecule has 2 rings (SSSR count). The molecule has 1 aromatic rings. The molecule has 3 heteroatoms.